The average molecular weight is 252 g/mol. The fourth-order valence-corrected chi connectivity index (χ4v) is 2.13. The average Bonchev–Trinajstić information content (AvgIpc) is 2.39. The van der Waals surface area contributed by atoms with Gasteiger partial charge in [0.25, 0.3) is 0 Å². The summed E-state index contributed by atoms with van der Waals surface area (Å²) in [6.07, 6.45) is 2.39. The Morgan fingerprint density at radius 2 is 1.94 bits per heavy atom. The summed E-state index contributed by atoms with van der Waals surface area (Å²) in [5, 5.41) is 0. The zero-order chi connectivity index (χ0) is 13.6. The molecule has 0 N–H and O–H groups in total. The number of aryl methyl sites for hydroxylation is 1. The van der Waals surface area contributed by atoms with Gasteiger partial charge in [-0.05, 0) is 42.9 Å². The molecule has 18 heavy (non-hydrogen) atoms. The molecule has 0 aliphatic rings. The van der Waals surface area contributed by atoms with Crippen molar-refractivity contribution >= 4 is 0 Å². The molecule has 0 heterocycles. The van der Waals surface area contributed by atoms with Gasteiger partial charge in [0.1, 0.15) is 5.67 Å². The fraction of sp³-hybridized carbons (Fsp3) is 0.625. The van der Waals surface area contributed by atoms with E-state index in [1.165, 1.54) is 5.56 Å². The number of rotatable bonds is 7. The second-order valence-corrected chi connectivity index (χ2v) is 4.90. The Morgan fingerprint density at radius 3 is 2.50 bits per heavy atom. The number of ether oxygens (including phenoxy) is 1. The van der Waals surface area contributed by atoms with Gasteiger partial charge in [0.2, 0.25) is 0 Å². The van der Waals surface area contributed by atoms with Crippen LogP contribution >= 0.6 is 0 Å². The van der Waals surface area contributed by atoms with E-state index in [4.69, 9.17) is 4.74 Å². The van der Waals surface area contributed by atoms with Crippen molar-refractivity contribution in [3.63, 3.8) is 0 Å². The number of hydrogen-bond acceptors (Lipinski definition) is 1. The summed E-state index contributed by atoms with van der Waals surface area (Å²) in [5.41, 5.74) is 1.76. The number of halogens is 1. The molecule has 0 aromatic heterocycles. The van der Waals surface area contributed by atoms with Crippen LogP contribution in [0.3, 0.4) is 0 Å². The maximum Gasteiger partial charge on any atom is 0.133 e. The maximum absolute atomic E-state index is 14.6. The first kappa shape index (κ1) is 15.2. The quantitative estimate of drug-likeness (QED) is 0.635. The molecule has 1 aromatic rings. The third-order valence-electron chi connectivity index (χ3n) is 3.47. The molecule has 0 aliphatic heterocycles. The molecule has 0 saturated heterocycles. The minimum atomic E-state index is -1.27. The number of hydrogen-bond donors (Lipinski definition) is 0. The molecule has 1 atom stereocenters. The van der Waals surface area contributed by atoms with Crippen LogP contribution in [0.15, 0.2) is 18.2 Å². The van der Waals surface area contributed by atoms with Crippen LogP contribution < -0.4 is 0 Å². The van der Waals surface area contributed by atoms with Gasteiger partial charge in [-0.15, -0.1) is 0 Å². The van der Waals surface area contributed by atoms with Gasteiger partial charge in [-0.2, -0.15) is 0 Å². The molecular formula is C16H25FO. The van der Waals surface area contributed by atoms with Crippen molar-refractivity contribution in [1.82, 2.24) is 0 Å². The van der Waals surface area contributed by atoms with E-state index >= 15 is 0 Å². The lowest BCUT2D eigenvalue weighted by Gasteiger charge is -2.24. The highest BCUT2D eigenvalue weighted by atomic mass is 19.1. The van der Waals surface area contributed by atoms with Gasteiger partial charge >= 0.3 is 0 Å². The molecule has 0 saturated carbocycles. The van der Waals surface area contributed by atoms with Crippen molar-refractivity contribution in [1.29, 1.82) is 0 Å². The SMILES string of the molecule is CCCOCc1c(CC)cccc1C(C)(F)CC. The summed E-state index contributed by atoms with van der Waals surface area (Å²) in [6.45, 7) is 8.97. The lowest BCUT2D eigenvalue weighted by molar-refractivity contribution is 0.115. The van der Waals surface area contributed by atoms with Crippen molar-refractivity contribution in [3.8, 4) is 0 Å². The first-order valence-corrected chi connectivity index (χ1v) is 6.94. The lowest BCUT2D eigenvalue weighted by atomic mass is 9.88. The van der Waals surface area contributed by atoms with Gasteiger partial charge in [0, 0.05) is 6.61 Å². The van der Waals surface area contributed by atoms with E-state index in [1.807, 2.05) is 19.1 Å². The van der Waals surface area contributed by atoms with Gasteiger partial charge in [0.15, 0.2) is 0 Å². The summed E-state index contributed by atoms with van der Waals surface area (Å²) >= 11 is 0. The zero-order valence-corrected chi connectivity index (χ0v) is 12.1. The highest BCUT2D eigenvalue weighted by Crippen LogP contribution is 2.33. The highest BCUT2D eigenvalue weighted by Gasteiger charge is 2.27. The van der Waals surface area contributed by atoms with E-state index in [0.29, 0.717) is 13.0 Å². The summed E-state index contributed by atoms with van der Waals surface area (Å²) in [6, 6.07) is 5.91. The van der Waals surface area contributed by atoms with Crippen molar-refractivity contribution in [2.75, 3.05) is 6.61 Å². The molecule has 0 bridgehead atoms. The van der Waals surface area contributed by atoms with Crippen LogP contribution in [0.2, 0.25) is 0 Å². The van der Waals surface area contributed by atoms with Gasteiger partial charge < -0.3 is 4.74 Å². The molecule has 1 nitrogen and oxygen atoms in total. The lowest BCUT2D eigenvalue weighted by Crippen LogP contribution is -2.18. The molecule has 0 radical (unpaired) electrons. The van der Waals surface area contributed by atoms with E-state index in [2.05, 4.69) is 19.9 Å². The molecule has 1 unspecified atom stereocenters. The van der Waals surface area contributed by atoms with Crippen LogP contribution in [0.5, 0.6) is 0 Å². The van der Waals surface area contributed by atoms with E-state index in [1.54, 1.807) is 6.92 Å². The van der Waals surface area contributed by atoms with E-state index in [-0.39, 0.29) is 0 Å². The third kappa shape index (κ3) is 3.55. The van der Waals surface area contributed by atoms with Crippen LogP contribution in [-0.4, -0.2) is 6.61 Å². The molecule has 1 aromatic carbocycles. The summed E-state index contributed by atoms with van der Waals surface area (Å²) in [4.78, 5) is 0. The van der Waals surface area contributed by atoms with E-state index in [9.17, 15) is 4.39 Å². The summed E-state index contributed by atoms with van der Waals surface area (Å²) in [7, 11) is 0. The molecular weight excluding hydrogens is 227 g/mol. The second-order valence-electron chi connectivity index (χ2n) is 4.90. The Balaban J connectivity index is 3.08. The predicted molar refractivity (Wildman–Crippen MR) is 74.5 cm³/mol. The van der Waals surface area contributed by atoms with E-state index in [0.717, 1.165) is 30.6 Å². The molecule has 0 spiro atoms. The number of benzene rings is 1. The molecule has 0 fully saturated rings. The van der Waals surface area contributed by atoms with E-state index < -0.39 is 5.67 Å². The Labute approximate surface area is 110 Å². The van der Waals surface area contributed by atoms with Gasteiger partial charge in [0.05, 0.1) is 6.61 Å². The predicted octanol–water partition coefficient (Wildman–Crippen LogP) is 4.77. The largest absolute Gasteiger partial charge is 0.377 e. The summed E-state index contributed by atoms with van der Waals surface area (Å²) in [5.74, 6) is 0. The molecule has 0 amide bonds. The third-order valence-corrected chi connectivity index (χ3v) is 3.47. The minimum Gasteiger partial charge on any atom is -0.377 e. The topological polar surface area (TPSA) is 9.23 Å². The minimum absolute atomic E-state index is 0.487. The van der Waals surface area contributed by atoms with Crippen molar-refractivity contribution in [2.24, 2.45) is 0 Å². The van der Waals surface area contributed by atoms with Crippen molar-refractivity contribution in [2.45, 2.75) is 59.2 Å². The Bertz CT molecular complexity index is 371. The van der Waals surface area contributed by atoms with Crippen LogP contribution in [0, 0.1) is 0 Å². The second kappa shape index (κ2) is 6.89. The molecule has 0 aliphatic carbocycles. The monoisotopic (exact) mass is 252 g/mol. The van der Waals surface area contributed by atoms with Gasteiger partial charge in [-0.25, -0.2) is 4.39 Å². The Morgan fingerprint density at radius 1 is 1.22 bits per heavy atom. The van der Waals surface area contributed by atoms with Crippen LogP contribution in [0.25, 0.3) is 0 Å². The molecule has 1 rings (SSSR count). The Hall–Kier alpha value is -0.890. The van der Waals surface area contributed by atoms with Crippen molar-refractivity contribution in [3.05, 3.63) is 34.9 Å². The van der Waals surface area contributed by atoms with Gasteiger partial charge in [-0.3, -0.25) is 0 Å². The maximum atomic E-state index is 14.6. The first-order chi connectivity index (χ1) is 8.56. The van der Waals surface area contributed by atoms with Gasteiger partial charge in [-0.1, -0.05) is 39.0 Å². The van der Waals surface area contributed by atoms with Crippen molar-refractivity contribution < 1.29 is 9.13 Å². The van der Waals surface area contributed by atoms with Crippen LogP contribution in [0.1, 0.15) is 57.2 Å². The summed E-state index contributed by atoms with van der Waals surface area (Å²) < 4.78 is 20.2. The smallest absolute Gasteiger partial charge is 0.133 e. The zero-order valence-electron chi connectivity index (χ0n) is 12.1. The van der Waals surface area contributed by atoms with Crippen LogP contribution in [-0.2, 0) is 23.4 Å². The van der Waals surface area contributed by atoms with Crippen LogP contribution in [0.4, 0.5) is 4.39 Å². The first-order valence-electron chi connectivity index (χ1n) is 6.94. The fourth-order valence-electron chi connectivity index (χ4n) is 2.13. The number of alkyl halides is 1. The standard InChI is InChI=1S/C16H25FO/c1-5-11-18-12-14-13(6-2)9-8-10-15(14)16(4,17)7-3/h8-10H,5-7,11-12H2,1-4H3. The Kier molecular flexibility index (Phi) is 5.80. The highest BCUT2D eigenvalue weighted by molar-refractivity contribution is 5.38. The molecule has 102 valence electrons. The molecule has 2 heteroatoms. The normalized spacial score (nSPS) is 14.5.